The fraction of sp³-hybridized carbons (Fsp3) is 0.130. The Morgan fingerprint density at radius 3 is 2.30 bits per heavy atom. The highest BCUT2D eigenvalue weighted by molar-refractivity contribution is 6.01. The number of hydrogen-bond donors (Lipinski definition) is 0. The SMILES string of the molecule is Cc1ccc(C)c(C(=O)COC(=O)c2ccccc2Oc2ccccc2)c1. The molecule has 4 heteroatoms. The fourth-order valence-electron chi connectivity index (χ4n) is 2.66. The van der Waals surface area contributed by atoms with Gasteiger partial charge >= 0.3 is 5.97 Å². The molecule has 0 radical (unpaired) electrons. The average Bonchev–Trinajstić information content (AvgIpc) is 2.69. The van der Waals surface area contributed by atoms with Crippen molar-refractivity contribution in [3.63, 3.8) is 0 Å². The number of esters is 1. The van der Waals surface area contributed by atoms with Crippen molar-refractivity contribution in [1.82, 2.24) is 0 Å². The first kappa shape index (κ1) is 18.4. The van der Waals surface area contributed by atoms with Gasteiger partial charge in [-0.25, -0.2) is 4.79 Å². The summed E-state index contributed by atoms with van der Waals surface area (Å²) in [5, 5.41) is 0. The van der Waals surface area contributed by atoms with E-state index in [-0.39, 0.29) is 18.0 Å². The number of hydrogen-bond acceptors (Lipinski definition) is 4. The van der Waals surface area contributed by atoms with Gasteiger partial charge in [-0.15, -0.1) is 0 Å². The van der Waals surface area contributed by atoms with E-state index in [2.05, 4.69) is 0 Å². The highest BCUT2D eigenvalue weighted by Gasteiger charge is 2.17. The van der Waals surface area contributed by atoms with Crippen LogP contribution in [0.2, 0.25) is 0 Å². The zero-order valence-corrected chi connectivity index (χ0v) is 15.3. The molecule has 0 saturated heterocycles. The van der Waals surface area contributed by atoms with Crippen molar-refractivity contribution in [2.24, 2.45) is 0 Å². The second-order valence-electron chi connectivity index (χ2n) is 6.23. The Labute approximate surface area is 158 Å². The summed E-state index contributed by atoms with van der Waals surface area (Å²) < 4.78 is 11.0. The number of carbonyl (C=O) groups is 2. The van der Waals surface area contributed by atoms with Crippen LogP contribution in [-0.4, -0.2) is 18.4 Å². The van der Waals surface area contributed by atoms with Crippen molar-refractivity contribution in [1.29, 1.82) is 0 Å². The number of carbonyl (C=O) groups excluding carboxylic acids is 2. The maximum absolute atomic E-state index is 12.5. The van der Waals surface area contributed by atoms with E-state index in [0.717, 1.165) is 11.1 Å². The third-order valence-electron chi connectivity index (χ3n) is 4.11. The fourth-order valence-corrected chi connectivity index (χ4v) is 2.66. The summed E-state index contributed by atoms with van der Waals surface area (Å²) in [6, 6.07) is 21.6. The topological polar surface area (TPSA) is 52.6 Å². The highest BCUT2D eigenvalue weighted by Crippen LogP contribution is 2.25. The molecule has 3 aromatic rings. The van der Waals surface area contributed by atoms with Crippen molar-refractivity contribution >= 4 is 11.8 Å². The van der Waals surface area contributed by atoms with Gasteiger partial charge in [0, 0.05) is 5.56 Å². The van der Waals surface area contributed by atoms with Gasteiger partial charge in [0.2, 0.25) is 5.78 Å². The maximum atomic E-state index is 12.5. The van der Waals surface area contributed by atoms with E-state index in [0.29, 0.717) is 17.1 Å². The van der Waals surface area contributed by atoms with E-state index in [9.17, 15) is 9.59 Å². The highest BCUT2D eigenvalue weighted by atomic mass is 16.5. The molecule has 0 bridgehead atoms. The van der Waals surface area contributed by atoms with Crippen LogP contribution in [0.3, 0.4) is 0 Å². The minimum Gasteiger partial charge on any atom is -0.456 e. The quantitative estimate of drug-likeness (QED) is 0.451. The van der Waals surface area contributed by atoms with Crippen LogP contribution in [0, 0.1) is 13.8 Å². The molecule has 136 valence electrons. The Morgan fingerprint density at radius 2 is 1.52 bits per heavy atom. The summed E-state index contributed by atoms with van der Waals surface area (Å²) >= 11 is 0. The first-order chi connectivity index (χ1) is 13.0. The molecule has 0 saturated carbocycles. The minimum atomic E-state index is -0.597. The molecule has 4 nitrogen and oxygen atoms in total. The molecule has 0 aromatic heterocycles. The monoisotopic (exact) mass is 360 g/mol. The summed E-state index contributed by atoms with van der Waals surface area (Å²) in [4.78, 5) is 24.9. The Bertz CT molecular complexity index is 961. The van der Waals surface area contributed by atoms with Crippen molar-refractivity contribution in [3.05, 3.63) is 95.1 Å². The number of ketones is 1. The molecule has 0 N–H and O–H groups in total. The van der Waals surface area contributed by atoms with Crippen LogP contribution in [-0.2, 0) is 4.74 Å². The molecule has 27 heavy (non-hydrogen) atoms. The van der Waals surface area contributed by atoms with Crippen LogP contribution >= 0.6 is 0 Å². The third kappa shape index (κ3) is 4.61. The van der Waals surface area contributed by atoms with Gasteiger partial charge in [0.1, 0.15) is 17.1 Å². The number of aryl methyl sites for hydroxylation is 2. The number of rotatable bonds is 6. The van der Waals surface area contributed by atoms with Crippen molar-refractivity contribution in [2.75, 3.05) is 6.61 Å². The van der Waals surface area contributed by atoms with Crippen LogP contribution in [0.15, 0.2) is 72.8 Å². The second kappa shape index (κ2) is 8.32. The molecular weight excluding hydrogens is 340 g/mol. The van der Waals surface area contributed by atoms with Gasteiger partial charge in [-0.1, -0.05) is 48.0 Å². The Morgan fingerprint density at radius 1 is 0.815 bits per heavy atom. The van der Waals surface area contributed by atoms with E-state index in [1.54, 1.807) is 42.5 Å². The lowest BCUT2D eigenvalue weighted by Gasteiger charge is -2.11. The van der Waals surface area contributed by atoms with Crippen LogP contribution in [0.4, 0.5) is 0 Å². The zero-order chi connectivity index (χ0) is 19.2. The Balaban J connectivity index is 1.71. The van der Waals surface area contributed by atoms with Gasteiger partial charge in [-0.3, -0.25) is 4.79 Å². The third-order valence-corrected chi connectivity index (χ3v) is 4.11. The standard InChI is InChI=1S/C23H20O4/c1-16-12-13-17(2)20(14-16)21(24)15-26-23(25)19-10-6-7-11-22(19)27-18-8-4-3-5-9-18/h3-14H,15H2,1-2H3. The molecule has 0 heterocycles. The molecule has 0 amide bonds. The van der Waals surface area contributed by atoms with Crippen molar-refractivity contribution < 1.29 is 19.1 Å². The predicted molar refractivity (Wildman–Crippen MR) is 103 cm³/mol. The lowest BCUT2D eigenvalue weighted by atomic mass is 10.0. The molecule has 3 rings (SSSR count). The molecular formula is C23H20O4. The Kier molecular flexibility index (Phi) is 5.67. The van der Waals surface area contributed by atoms with E-state index < -0.39 is 5.97 Å². The number of para-hydroxylation sites is 2. The largest absolute Gasteiger partial charge is 0.456 e. The molecule has 0 atom stereocenters. The summed E-state index contributed by atoms with van der Waals surface area (Å²) in [6.07, 6.45) is 0. The number of Topliss-reactive ketones (excluding diaryl/α,β-unsaturated/α-hetero) is 1. The van der Waals surface area contributed by atoms with Crippen molar-refractivity contribution in [2.45, 2.75) is 13.8 Å². The van der Waals surface area contributed by atoms with Gasteiger partial charge in [0.15, 0.2) is 6.61 Å². The summed E-state index contributed by atoms with van der Waals surface area (Å²) in [6.45, 7) is 3.46. The average molecular weight is 360 g/mol. The molecule has 0 fully saturated rings. The first-order valence-electron chi connectivity index (χ1n) is 8.64. The summed E-state index contributed by atoms with van der Waals surface area (Å²) in [5.74, 6) is 0.170. The Hall–Kier alpha value is -3.40. The minimum absolute atomic E-state index is 0.231. The smallest absolute Gasteiger partial charge is 0.342 e. The van der Waals surface area contributed by atoms with E-state index in [1.807, 2.05) is 44.2 Å². The summed E-state index contributed by atoms with van der Waals surface area (Å²) in [7, 11) is 0. The molecule has 0 aliphatic heterocycles. The van der Waals surface area contributed by atoms with Crippen LogP contribution in [0.5, 0.6) is 11.5 Å². The van der Waals surface area contributed by atoms with E-state index in [4.69, 9.17) is 9.47 Å². The van der Waals surface area contributed by atoms with Gasteiger partial charge in [0.25, 0.3) is 0 Å². The van der Waals surface area contributed by atoms with Crippen LogP contribution in [0.25, 0.3) is 0 Å². The maximum Gasteiger partial charge on any atom is 0.342 e. The van der Waals surface area contributed by atoms with E-state index >= 15 is 0 Å². The number of ether oxygens (including phenoxy) is 2. The zero-order valence-electron chi connectivity index (χ0n) is 15.3. The normalized spacial score (nSPS) is 10.3. The van der Waals surface area contributed by atoms with Crippen molar-refractivity contribution in [3.8, 4) is 11.5 Å². The van der Waals surface area contributed by atoms with Crippen LogP contribution in [0.1, 0.15) is 31.8 Å². The second-order valence-corrected chi connectivity index (χ2v) is 6.23. The molecule has 0 aliphatic rings. The first-order valence-corrected chi connectivity index (χ1v) is 8.64. The molecule has 3 aromatic carbocycles. The molecule has 0 unspecified atom stereocenters. The van der Waals surface area contributed by atoms with Gasteiger partial charge in [-0.2, -0.15) is 0 Å². The van der Waals surface area contributed by atoms with Gasteiger partial charge in [-0.05, 0) is 49.7 Å². The predicted octanol–water partition coefficient (Wildman–Crippen LogP) is 5.14. The lowest BCUT2D eigenvalue weighted by molar-refractivity contribution is 0.0472. The van der Waals surface area contributed by atoms with Gasteiger partial charge in [0.05, 0.1) is 0 Å². The molecule has 0 spiro atoms. The van der Waals surface area contributed by atoms with Crippen LogP contribution < -0.4 is 4.74 Å². The summed E-state index contributed by atoms with van der Waals surface area (Å²) in [5.41, 5.74) is 2.68. The lowest BCUT2D eigenvalue weighted by Crippen LogP contribution is -2.15. The molecule has 0 aliphatic carbocycles. The van der Waals surface area contributed by atoms with E-state index in [1.165, 1.54) is 0 Å². The number of benzene rings is 3. The van der Waals surface area contributed by atoms with Gasteiger partial charge < -0.3 is 9.47 Å².